The predicted molar refractivity (Wildman–Crippen MR) is 88.2 cm³/mol. The molecule has 23 heavy (non-hydrogen) atoms. The molecule has 1 atom stereocenters. The maximum Gasteiger partial charge on any atom is 0.308 e. The molecule has 3 rings (SSSR count). The van der Waals surface area contributed by atoms with Gasteiger partial charge in [-0.05, 0) is 30.7 Å². The van der Waals surface area contributed by atoms with E-state index in [0.29, 0.717) is 5.92 Å². The number of hydrogen-bond donors (Lipinski definition) is 0. The summed E-state index contributed by atoms with van der Waals surface area (Å²) in [6, 6.07) is 8.51. The Bertz CT molecular complexity index is 685. The van der Waals surface area contributed by atoms with Crippen molar-refractivity contribution in [2.45, 2.75) is 45.4 Å². The van der Waals surface area contributed by atoms with Gasteiger partial charge in [-0.2, -0.15) is 0 Å². The highest BCUT2D eigenvalue weighted by atomic mass is 16.5. The summed E-state index contributed by atoms with van der Waals surface area (Å²) in [5.41, 5.74) is 4.46. The minimum Gasteiger partial charge on any atom is -0.469 e. The van der Waals surface area contributed by atoms with E-state index in [1.54, 1.807) is 0 Å². The van der Waals surface area contributed by atoms with Crippen LogP contribution in [0.5, 0.6) is 0 Å². The van der Waals surface area contributed by atoms with Crippen molar-refractivity contribution < 1.29 is 14.1 Å². The first-order valence-electron chi connectivity index (χ1n) is 8.25. The molecule has 2 aromatic rings. The fourth-order valence-corrected chi connectivity index (χ4v) is 3.22. The number of esters is 1. The molecule has 0 bridgehead atoms. The Hall–Kier alpha value is -2.10. The van der Waals surface area contributed by atoms with Gasteiger partial charge in [0.25, 0.3) is 0 Å². The van der Waals surface area contributed by atoms with Crippen LogP contribution < -0.4 is 0 Å². The summed E-state index contributed by atoms with van der Waals surface area (Å²) in [6.07, 6.45) is 3.10. The van der Waals surface area contributed by atoms with E-state index in [1.165, 1.54) is 12.7 Å². The van der Waals surface area contributed by atoms with Crippen molar-refractivity contribution in [1.29, 1.82) is 0 Å². The van der Waals surface area contributed by atoms with Gasteiger partial charge in [0.05, 0.1) is 13.0 Å². The zero-order valence-electron chi connectivity index (χ0n) is 14.0. The van der Waals surface area contributed by atoms with Crippen LogP contribution in [0.15, 0.2) is 28.8 Å². The molecule has 0 saturated heterocycles. The highest BCUT2D eigenvalue weighted by molar-refractivity contribution is 5.72. The highest BCUT2D eigenvalue weighted by Gasteiger charge is 2.27. The second-order valence-electron chi connectivity index (χ2n) is 6.51. The Labute approximate surface area is 136 Å². The molecule has 1 aromatic carbocycles. The van der Waals surface area contributed by atoms with Crippen LogP contribution in [-0.4, -0.2) is 18.2 Å². The summed E-state index contributed by atoms with van der Waals surface area (Å²) in [6.45, 7) is 4.37. The molecule has 0 spiro atoms. The molecule has 4 heteroatoms. The number of carbonyl (C=O) groups is 1. The Morgan fingerprint density at radius 2 is 1.91 bits per heavy atom. The third-order valence-electron chi connectivity index (χ3n) is 4.72. The van der Waals surface area contributed by atoms with Gasteiger partial charge in [0.2, 0.25) is 0 Å². The van der Waals surface area contributed by atoms with Crippen molar-refractivity contribution in [2.75, 3.05) is 7.11 Å². The number of aryl methyl sites for hydroxylation is 1. The van der Waals surface area contributed by atoms with E-state index < -0.39 is 0 Å². The molecule has 1 unspecified atom stereocenters. The molecule has 0 fully saturated rings. The average Bonchev–Trinajstić information content (AvgIpc) is 2.85. The van der Waals surface area contributed by atoms with Crippen molar-refractivity contribution >= 4 is 5.97 Å². The van der Waals surface area contributed by atoms with Crippen LogP contribution in [0.25, 0.3) is 11.3 Å². The molecule has 0 radical (unpaired) electrons. The lowest BCUT2D eigenvalue weighted by Gasteiger charge is -2.10. The van der Waals surface area contributed by atoms with E-state index in [9.17, 15) is 4.79 Å². The average molecular weight is 313 g/mol. The van der Waals surface area contributed by atoms with Gasteiger partial charge < -0.3 is 9.26 Å². The summed E-state index contributed by atoms with van der Waals surface area (Å²) >= 11 is 0. The molecule has 1 heterocycles. The van der Waals surface area contributed by atoms with Crippen LogP contribution in [0, 0.1) is 5.92 Å². The van der Waals surface area contributed by atoms with Crippen molar-refractivity contribution in [3.63, 3.8) is 0 Å². The van der Waals surface area contributed by atoms with Gasteiger partial charge in [-0.15, -0.1) is 0 Å². The van der Waals surface area contributed by atoms with Gasteiger partial charge in [-0.3, -0.25) is 4.79 Å². The largest absolute Gasteiger partial charge is 0.469 e. The normalized spacial score (nSPS) is 17.7. The molecule has 122 valence electrons. The van der Waals surface area contributed by atoms with Gasteiger partial charge in [-0.1, -0.05) is 43.3 Å². The monoisotopic (exact) mass is 313 g/mol. The van der Waals surface area contributed by atoms with Crippen molar-refractivity contribution in [3.8, 4) is 11.3 Å². The first kappa shape index (κ1) is 15.8. The Kier molecular flexibility index (Phi) is 4.51. The molecule has 1 aliphatic rings. The molecule has 0 saturated carbocycles. The van der Waals surface area contributed by atoms with Crippen LogP contribution in [0.3, 0.4) is 0 Å². The summed E-state index contributed by atoms with van der Waals surface area (Å²) in [5.74, 6) is 1.27. The molecular formula is C19H23NO3. The maximum atomic E-state index is 11.8. The lowest BCUT2D eigenvalue weighted by Crippen LogP contribution is -2.16. The van der Waals surface area contributed by atoms with Crippen LogP contribution in [-0.2, 0) is 22.4 Å². The summed E-state index contributed by atoms with van der Waals surface area (Å²) < 4.78 is 10.4. The van der Waals surface area contributed by atoms with E-state index in [4.69, 9.17) is 9.26 Å². The van der Waals surface area contributed by atoms with E-state index in [1.807, 2.05) is 0 Å². The number of carbonyl (C=O) groups excluding carboxylic acids is 1. The number of ether oxygens (including phenoxy) is 1. The SMILES string of the molecule is COC(=O)C1CCc2onc(-c3ccc(C(C)C)cc3)c2CC1. The van der Waals surface area contributed by atoms with Gasteiger partial charge in [-0.25, -0.2) is 0 Å². The number of aromatic nitrogens is 1. The number of benzene rings is 1. The molecule has 1 aliphatic carbocycles. The number of fused-ring (bicyclic) bond motifs is 1. The van der Waals surface area contributed by atoms with Crippen molar-refractivity contribution in [2.24, 2.45) is 5.92 Å². The smallest absolute Gasteiger partial charge is 0.308 e. The topological polar surface area (TPSA) is 52.3 Å². The maximum absolute atomic E-state index is 11.8. The number of nitrogens with zero attached hydrogens (tertiary/aromatic N) is 1. The molecular weight excluding hydrogens is 290 g/mol. The molecule has 0 N–H and O–H groups in total. The Morgan fingerprint density at radius 3 is 2.57 bits per heavy atom. The minimum absolute atomic E-state index is 0.0428. The number of rotatable bonds is 3. The van der Waals surface area contributed by atoms with Crippen LogP contribution in [0.4, 0.5) is 0 Å². The van der Waals surface area contributed by atoms with Gasteiger partial charge >= 0.3 is 5.97 Å². The lowest BCUT2D eigenvalue weighted by atomic mass is 9.97. The first-order chi connectivity index (χ1) is 11.1. The zero-order valence-corrected chi connectivity index (χ0v) is 14.0. The van der Waals surface area contributed by atoms with Crippen molar-refractivity contribution in [1.82, 2.24) is 5.16 Å². The molecule has 4 nitrogen and oxygen atoms in total. The summed E-state index contributed by atoms with van der Waals surface area (Å²) in [5, 5.41) is 4.28. The highest BCUT2D eigenvalue weighted by Crippen LogP contribution is 2.33. The third-order valence-corrected chi connectivity index (χ3v) is 4.72. The Balaban J connectivity index is 1.85. The van der Waals surface area contributed by atoms with Gasteiger partial charge in [0, 0.05) is 17.5 Å². The van der Waals surface area contributed by atoms with Crippen LogP contribution >= 0.6 is 0 Å². The van der Waals surface area contributed by atoms with E-state index >= 15 is 0 Å². The summed E-state index contributed by atoms with van der Waals surface area (Å²) in [4.78, 5) is 11.8. The lowest BCUT2D eigenvalue weighted by molar-refractivity contribution is -0.145. The first-order valence-corrected chi connectivity index (χ1v) is 8.25. The van der Waals surface area contributed by atoms with Gasteiger partial charge in [0.1, 0.15) is 11.5 Å². The third kappa shape index (κ3) is 3.16. The van der Waals surface area contributed by atoms with E-state index in [-0.39, 0.29) is 11.9 Å². The Morgan fingerprint density at radius 1 is 1.22 bits per heavy atom. The summed E-state index contributed by atoms with van der Waals surface area (Å²) in [7, 11) is 1.45. The molecule has 0 aliphatic heterocycles. The van der Waals surface area contributed by atoms with Crippen LogP contribution in [0.2, 0.25) is 0 Å². The number of hydrogen-bond acceptors (Lipinski definition) is 4. The number of methoxy groups -OCH3 is 1. The van der Waals surface area contributed by atoms with E-state index in [2.05, 4.69) is 43.3 Å². The van der Waals surface area contributed by atoms with Crippen molar-refractivity contribution in [3.05, 3.63) is 41.2 Å². The fraction of sp³-hybridized carbons (Fsp3) is 0.474. The molecule has 0 amide bonds. The van der Waals surface area contributed by atoms with Crippen LogP contribution in [0.1, 0.15) is 49.5 Å². The second-order valence-corrected chi connectivity index (χ2v) is 6.51. The van der Waals surface area contributed by atoms with Gasteiger partial charge in [0.15, 0.2) is 0 Å². The minimum atomic E-state index is -0.119. The fourth-order valence-electron chi connectivity index (χ4n) is 3.22. The second kappa shape index (κ2) is 6.57. The molecule has 1 aromatic heterocycles. The predicted octanol–water partition coefficient (Wildman–Crippen LogP) is 4.13. The van der Waals surface area contributed by atoms with E-state index in [0.717, 1.165) is 48.3 Å². The standard InChI is InChI=1S/C19H23NO3/c1-12(2)13-4-6-14(7-5-13)18-16-10-8-15(19(21)22-3)9-11-17(16)23-20-18/h4-7,12,15H,8-11H2,1-3H3. The quantitative estimate of drug-likeness (QED) is 0.631. The zero-order chi connectivity index (χ0) is 16.4.